The number of nitro benzene ring substituents is 1. The van der Waals surface area contributed by atoms with Crippen molar-refractivity contribution < 1.29 is 14.5 Å². The Morgan fingerprint density at radius 2 is 2.21 bits per heavy atom. The van der Waals surface area contributed by atoms with Crippen molar-refractivity contribution in [2.24, 2.45) is 0 Å². The van der Waals surface area contributed by atoms with Crippen LogP contribution in [0.5, 0.6) is 5.75 Å². The van der Waals surface area contributed by atoms with Gasteiger partial charge in [0, 0.05) is 6.54 Å². The summed E-state index contributed by atoms with van der Waals surface area (Å²) in [4.78, 5) is 22.1. The van der Waals surface area contributed by atoms with Crippen LogP contribution >= 0.6 is 0 Å². The summed E-state index contributed by atoms with van der Waals surface area (Å²) in [6.07, 6.45) is 0. The summed E-state index contributed by atoms with van der Waals surface area (Å²) in [6, 6.07) is 4.08. The minimum absolute atomic E-state index is 0.151. The van der Waals surface area contributed by atoms with E-state index in [1.165, 1.54) is 19.2 Å². The van der Waals surface area contributed by atoms with Crippen molar-refractivity contribution in [1.29, 1.82) is 0 Å². The Hall–Kier alpha value is -2.31. The van der Waals surface area contributed by atoms with Gasteiger partial charge in [0.25, 0.3) is 0 Å². The number of nitro groups is 1. The summed E-state index contributed by atoms with van der Waals surface area (Å²) in [6.45, 7) is 3.94. The number of hydrogen-bond donors (Lipinski definition) is 2. The molecule has 19 heavy (non-hydrogen) atoms. The van der Waals surface area contributed by atoms with E-state index in [-0.39, 0.29) is 23.0 Å². The maximum Gasteiger partial charge on any atom is 0.333 e. The third kappa shape index (κ3) is 3.57. The number of nitrogens with one attached hydrogen (secondary N) is 2. The Labute approximate surface area is 111 Å². The van der Waals surface area contributed by atoms with Crippen LogP contribution in [0.15, 0.2) is 18.2 Å². The number of carbonyl (C=O) groups is 1. The largest absolute Gasteiger partial charge is 0.490 e. The molecule has 7 nitrogen and oxygen atoms in total. The van der Waals surface area contributed by atoms with Crippen molar-refractivity contribution in [3.8, 4) is 5.75 Å². The predicted octanol–water partition coefficient (Wildman–Crippen LogP) is 1.54. The second-order valence-electron chi connectivity index (χ2n) is 3.87. The molecule has 0 radical (unpaired) electrons. The molecule has 1 unspecified atom stereocenters. The van der Waals surface area contributed by atoms with Crippen LogP contribution in [-0.2, 0) is 4.79 Å². The minimum Gasteiger partial charge on any atom is -0.490 e. The molecule has 0 fully saturated rings. The fraction of sp³-hybridized carbons (Fsp3) is 0.417. The zero-order valence-electron chi connectivity index (χ0n) is 11.1. The SMILES string of the molecule is CCNC(=O)C(C)Nc1cccc(OC)c1[N+](=O)[O-]. The van der Waals surface area contributed by atoms with Gasteiger partial charge in [-0.3, -0.25) is 14.9 Å². The second kappa shape index (κ2) is 6.58. The summed E-state index contributed by atoms with van der Waals surface area (Å²) < 4.78 is 4.95. The van der Waals surface area contributed by atoms with Gasteiger partial charge in [0.15, 0.2) is 5.75 Å². The van der Waals surface area contributed by atoms with Gasteiger partial charge in [0.1, 0.15) is 11.7 Å². The number of para-hydroxylation sites is 1. The molecular formula is C12H17N3O4. The molecule has 0 spiro atoms. The molecule has 7 heteroatoms. The number of carbonyl (C=O) groups excluding carboxylic acids is 1. The molecule has 0 saturated heterocycles. The normalized spacial score (nSPS) is 11.5. The van der Waals surface area contributed by atoms with Crippen LogP contribution in [-0.4, -0.2) is 30.5 Å². The molecule has 1 amide bonds. The van der Waals surface area contributed by atoms with Gasteiger partial charge in [0.2, 0.25) is 5.91 Å². The zero-order valence-corrected chi connectivity index (χ0v) is 11.1. The molecule has 0 bridgehead atoms. The average molecular weight is 267 g/mol. The minimum atomic E-state index is -0.578. The summed E-state index contributed by atoms with van der Waals surface area (Å²) in [5.41, 5.74) is 0.0734. The molecule has 0 heterocycles. The molecule has 104 valence electrons. The van der Waals surface area contributed by atoms with E-state index in [0.717, 1.165) is 0 Å². The predicted molar refractivity (Wildman–Crippen MR) is 71.4 cm³/mol. The molecule has 0 aliphatic rings. The number of hydrogen-bond acceptors (Lipinski definition) is 5. The number of amides is 1. The third-order valence-corrected chi connectivity index (χ3v) is 2.52. The topological polar surface area (TPSA) is 93.5 Å². The Bertz CT molecular complexity index is 476. The van der Waals surface area contributed by atoms with Gasteiger partial charge in [0.05, 0.1) is 12.0 Å². The Morgan fingerprint density at radius 3 is 2.74 bits per heavy atom. The third-order valence-electron chi connectivity index (χ3n) is 2.52. The molecule has 1 atom stereocenters. The molecule has 0 aliphatic carbocycles. The van der Waals surface area contributed by atoms with E-state index in [9.17, 15) is 14.9 Å². The molecular weight excluding hydrogens is 250 g/mol. The number of benzene rings is 1. The molecule has 1 aromatic rings. The van der Waals surface area contributed by atoms with Crippen molar-refractivity contribution >= 4 is 17.3 Å². The number of nitrogens with zero attached hydrogens (tertiary/aromatic N) is 1. The lowest BCUT2D eigenvalue weighted by Gasteiger charge is -2.15. The van der Waals surface area contributed by atoms with E-state index in [1.54, 1.807) is 19.9 Å². The lowest BCUT2D eigenvalue weighted by atomic mass is 10.2. The van der Waals surface area contributed by atoms with Crippen molar-refractivity contribution in [2.45, 2.75) is 19.9 Å². The Kier molecular flexibility index (Phi) is 5.11. The van der Waals surface area contributed by atoms with Gasteiger partial charge in [-0.1, -0.05) is 6.07 Å². The smallest absolute Gasteiger partial charge is 0.333 e. The molecule has 1 aromatic carbocycles. The zero-order chi connectivity index (χ0) is 14.4. The maximum atomic E-state index is 11.6. The molecule has 0 saturated carbocycles. The summed E-state index contributed by atoms with van der Waals surface area (Å²) in [7, 11) is 1.36. The van der Waals surface area contributed by atoms with E-state index in [1.807, 2.05) is 0 Å². The van der Waals surface area contributed by atoms with Gasteiger partial charge in [-0.25, -0.2) is 0 Å². The van der Waals surface area contributed by atoms with Gasteiger partial charge in [-0.15, -0.1) is 0 Å². The number of rotatable bonds is 6. The second-order valence-corrected chi connectivity index (χ2v) is 3.87. The number of anilines is 1. The number of likely N-dealkylation sites (N-methyl/N-ethyl adjacent to an activating group) is 1. The molecule has 0 aromatic heterocycles. The quantitative estimate of drug-likeness (QED) is 0.602. The van der Waals surface area contributed by atoms with E-state index in [4.69, 9.17) is 4.74 Å². The van der Waals surface area contributed by atoms with Crippen LogP contribution in [0.1, 0.15) is 13.8 Å². The highest BCUT2D eigenvalue weighted by atomic mass is 16.6. The monoisotopic (exact) mass is 267 g/mol. The first-order valence-electron chi connectivity index (χ1n) is 5.86. The molecule has 2 N–H and O–H groups in total. The first-order chi connectivity index (χ1) is 9.01. The van der Waals surface area contributed by atoms with Gasteiger partial charge in [-0.05, 0) is 26.0 Å². The first kappa shape index (κ1) is 14.7. The highest BCUT2D eigenvalue weighted by Crippen LogP contribution is 2.34. The van der Waals surface area contributed by atoms with Crippen molar-refractivity contribution in [2.75, 3.05) is 19.0 Å². The van der Waals surface area contributed by atoms with Crippen LogP contribution in [0.2, 0.25) is 0 Å². The van der Waals surface area contributed by atoms with Gasteiger partial charge >= 0.3 is 5.69 Å². The van der Waals surface area contributed by atoms with E-state index in [0.29, 0.717) is 6.54 Å². The summed E-state index contributed by atoms with van der Waals surface area (Å²) in [5, 5.41) is 16.5. The number of methoxy groups -OCH3 is 1. The van der Waals surface area contributed by atoms with Crippen LogP contribution in [0.3, 0.4) is 0 Å². The van der Waals surface area contributed by atoms with Crippen LogP contribution in [0.25, 0.3) is 0 Å². The van der Waals surface area contributed by atoms with Crippen LogP contribution in [0, 0.1) is 10.1 Å². The maximum absolute atomic E-state index is 11.6. The Balaban J connectivity index is 3.01. The summed E-state index contributed by atoms with van der Waals surface area (Å²) in [5.74, 6) is -0.0716. The fourth-order valence-corrected chi connectivity index (χ4v) is 1.62. The van der Waals surface area contributed by atoms with E-state index >= 15 is 0 Å². The highest BCUT2D eigenvalue weighted by Gasteiger charge is 2.23. The van der Waals surface area contributed by atoms with E-state index < -0.39 is 11.0 Å². The van der Waals surface area contributed by atoms with Crippen LogP contribution < -0.4 is 15.4 Å². The fourth-order valence-electron chi connectivity index (χ4n) is 1.62. The lowest BCUT2D eigenvalue weighted by Crippen LogP contribution is -2.37. The summed E-state index contributed by atoms with van der Waals surface area (Å²) >= 11 is 0. The van der Waals surface area contributed by atoms with Gasteiger partial charge < -0.3 is 15.4 Å². The standard InChI is InChI=1S/C12H17N3O4/c1-4-13-12(16)8(2)14-9-6-5-7-10(19-3)11(9)15(17)18/h5-8,14H,4H2,1-3H3,(H,13,16). The van der Waals surface area contributed by atoms with Crippen molar-refractivity contribution in [3.63, 3.8) is 0 Å². The average Bonchev–Trinajstić information content (AvgIpc) is 2.38. The van der Waals surface area contributed by atoms with Crippen LogP contribution in [0.4, 0.5) is 11.4 Å². The van der Waals surface area contributed by atoms with Crippen molar-refractivity contribution in [1.82, 2.24) is 5.32 Å². The molecule has 0 aliphatic heterocycles. The van der Waals surface area contributed by atoms with E-state index in [2.05, 4.69) is 10.6 Å². The molecule has 1 rings (SSSR count). The Morgan fingerprint density at radius 1 is 1.53 bits per heavy atom. The number of ether oxygens (including phenoxy) is 1. The highest BCUT2D eigenvalue weighted by molar-refractivity contribution is 5.85. The van der Waals surface area contributed by atoms with Gasteiger partial charge in [-0.2, -0.15) is 0 Å². The van der Waals surface area contributed by atoms with Crippen molar-refractivity contribution in [3.05, 3.63) is 28.3 Å². The lowest BCUT2D eigenvalue weighted by molar-refractivity contribution is -0.384. The first-order valence-corrected chi connectivity index (χ1v) is 5.86.